The number of ether oxygens (including phenoxy) is 1. The van der Waals surface area contributed by atoms with Gasteiger partial charge in [-0.2, -0.15) is 5.10 Å². The fourth-order valence-electron chi connectivity index (χ4n) is 2.45. The summed E-state index contributed by atoms with van der Waals surface area (Å²) in [5.74, 6) is 0.807. The molecule has 0 amide bonds. The highest BCUT2D eigenvalue weighted by molar-refractivity contribution is 5.83. The van der Waals surface area contributed by atoms with Crippen LogP contribution >= 0.6 is 0 Å². The molecule has 130 valence electrons. The number of nitrogens with zero attached hydrogens (tertiary/aromatic N) is 1. The van der Waals surface area contributed by atoms with Crippen LogP contribution in [-0.2, 0) is 4.79 Å². The normalized spacial score (nSPS) is 9.71. The van der Waals surface area contributed by atoms with Crippen molar-refractivity contribution in [3.63, 3.8) is 0 Å². The van der Waals surface area contributed by atoms with Gasteiger partial charge in [0, 0.05) is 24.4 Å². The Hall–Kier alpha value is -2.83. The first-order valence-electron chi connectivity index (χ1n) is 7.44. The highest BCUT2D eigenvalue weighted by Crippen LogP contribution is 2.36. The summed E-state index contributed by atoms with van der Waals surface area (Å²) in [5, 5.41) is 25.0. The summed E-state index contributed by atoms with van der Waals surface area (Å²) in [6, 6.07) is 4.05. The predicted molar refractivity (Wildman–Crippen MR) is 95.4 cm³/mol. The minimum absolute atomic E-state index is 0.464. The zero-order valence-corrected chi connectivity index (χ0v) is 14.7. The molecule has 0 spiro atoms. The van der Waals surface area contributed by atoms with Gasteiger partial charge in [-0.1, -0.05) is 0 Å². The summed E-state index contributed by atoms with van der Waals surface area (Å²) in [6.45, 7) is 7.68. The van der Waals surface area contributed by atoms with Crippen molar-refractivity contribution in [2.75, 3.05) is 19.0 Å². The number of carboxylic acids is 1. The number of aromatic amines is 1. The van der Waals surface area contributed by atoms with E-state index in [1.165, 1.54) is 6.21 Å². The second kappa shape index (κ2) is 8.71. The predicted octanol–water partition coefficient (Wildman–Crippen LogP) is 3.16. The maximum atomic E-state index is 9.00. The first-order chi connectivity index (χ1) is 11.3. The number of benzene rings is 1. The standard InChI is InChI=1S/C15H20N4O.C2H4O2/c1-9-7-12(20-4)8-10(2)13(9)14-11(3)18-19-15(14)17-6-5-16;1-2(3)4/h5,7-8,16H,6H2,1-4H3,(H2,17,18,19);1H3,(H,3,4). The molecule has 0 saturated heterocycles. The fraction of sp³-hybridized carbons (Fsp3) is 0.353. The molecule has 0 aliphatic heterocycles. The average Bonchev–Trinajstić information content (AvgIpc) is 2.85. The van der Waals surface area contributed by atoms with E-state index >= 15 is 0 Å². The molecule has 0 atom stereocenters. The van der Waals surface area contributed by atoms with Crippen LogP contribution in [0.25, 0.3) is 11.1 Å². The van der Waals surface area contributed by atoms with E-state index in [1.54, 1.807) is 7.11 Å². The van der Waals surface area contributed by atoms with Gasteiger partial charge in [-0.3, -0.25) is 9.89 Å². The third-order valence-electron chi connectivity index (χ3n) is 3.31. The molecule has 2 rings (SSSR count). The Morgan fingerprint density at radius 3 is 2.33 bits per heavy atom. The largest absolute Gasteiger partial charge is 0.497 e. The van der Waals surface area contributed by atoms with E-state index in [-0.39, 0.29) is 0 Å². The van der Waals surface area contributed by atoms with Gasteiger partial charge in [0.2, 0.25) is 0 Å². The van der Waals surface area contributed by atoms with Crippen LogP contribution in [0.4, 0.5) is 5.82 Å². The molecule has 7 nitrogen and oxygen atoms in total. The molecule has 7 heteroatoms. The van der Waals surface area contributed by atoms with Crippen molar-refractivity contribution in [1.82, 2.24) is 10.2 Å². The highest BCUT2D eigenvalue weighted by Gasteiger charge is 2.17. The van der Waals surface area contributed by atoms with Crippen molar-refractivity contribution < 1.29 is 14.6 Å². The summed E-state index contributed by atoms with van der Waals surface area (Å²) < 4.78 is 5.30. The zero-order valence-electron chi connectivity index (χ0n) is 14.7. The minimum atomic E-state index is -0.833. The molecule has 1 aromatic heterocycles. The van der Waals surface area contributed by atoms with Crippen molar-refractivity contribution >= 4 is 18.0 Å². The summed E-state index contributed by atoms with van der Waals surface area (Å²) in [5.41, 5.74) is 5.51. The maximum absolute atomic E-state index is 9.00. The van der Waals surface area contributed by atoms with Crippen molar-refractivity contribution in [3.8, 4) is 16.9 Å². The molecule has 0 fully saturated rings. The van der Waals surface area contributed by atoms with Gasteiger partial charge in [-0.05, 0) is 49.6 Å². The summed E-state index contributed by atoms with van der Waals surface area (Å²) in [4.78, 5) is 9.00. The van der Waals surface area contributed by atoms with Crippen LogP contribution < -0.4 is 10.1 Å². The van der Waals surface area contributed by atoms with E-state index in [4.69, 9.17) is 20.0 Å². The van der Waals surface area contributed by atoms with Crippen LogP contribution in [0.2, 0.25) is 0 Å². The second-order valence-electron chi connectivity index (χ2n) is 5.31. The highest BCUT2D eigenvalue weighted by atomic mass is 16.5. The zero-order chi connectivity index (χ0) is 18.3. The van der Waals surface area contributed by atoms with Crippen molar-refractivity contribution in [3.05, 3.63) is 29.0 Å². The summed E-state index contributed by atoms with van der Waals surface area (Å²) in [6.07, 6.45) is 1.32. The van der Waals surface area contributed by atoms with Gasteiger partial charge < -0.3 is 20.6 Å². The Morgan fingerprint density at radius 1 is 1.33 bits per heavy atom. The molecule has 0 saturated carbocycles. The Labute approximate surface area is 141 Å². The number of aromatic nitrogens is 2. The molecule has 24 heavy (non-hydrogen) atoms. The van der Waals surface area contributed by atoms with Gasteiger partial charge in [0.15, 0.2) is 5.82 Å². The first-order valence-corrected chi connectivity index (χ1v) is 7.44. The van der Waals surface area contributed by atoms with Crippen molar-refractivity contribution in [1.29, 1.82) is 5.41 Å². The summed E-state index contributed by atoms with van der Waals surface area (Å²) >= 11 is 0. The lowest BCUT2D eigenvalue weighted by atomic mass is 9.95. The lowest BCUT2D eigenvalue weighted by Crippen LogP contribution is -2.04. The van der Waals surface area contributed by atoms with Crippen LogP contribution in [0.1, 0.15) is 23.7 Å². The molecule has 1 aromatic carbocycles. The third-order valence-corrected chi connectivity index (χ3v) is 3.31. The molecule has 0 radical (unpaired) electrons. The van der Waals surface area contributed by atoms with E-state index in [9.17, 15) is 0 Å². The number of hydrogen-bond acceptors (Lipinski definition) is 5. The number of nitrogens with one attached hydrogen (secondary N) is 3. The molecule has 0 unspecified atom stereocenters. The Bertz CT molecular complexity index is 696. The van der Waals surface area contributed by atoms with E-state index in [0.717, 1.165) is 46.4 Å². The van der Waals surface area contributed by atoms with Crippen LogP contribution in [0, 0.1) is 26.2 Å². The van der Waals surface area contributed by atoms with Gasteiger partial charge in [0.25, 0.3) is 5.97 Å². The fourth-order valence-corrected chi connectivity index (χ4v) is 2.45. The van der Waals surface area contributed by atoms with Gasteiger partial charge in [-0.25, -0.2) is 0 Å². The number of H-pyrrole nitrogens is 1. The molecule has 4 N–H and O–H groups in total. The first kappa shape index (κ1) is 19.2. The van der Waals surface area contributed by atoms with Gasteiger partial charge in [0.1, 0.15) is 5.75 Å². The Balaban J connectivity index is 0.000000648. The minimum Gasteiger partial charge on any atom is -0.497 e. The van der Waals surface area contributed by atoms with Gasteiger partial charge in [0.05, 0.1) is 13.7 Å². The third kappa shape index (κ3) is 4.84. The topological polar surface area (TPSA) is 111 Å². The number of aliphatic carboxylic acids is 1. The SMILES string of the molecule is CC(=O)O.COc1cc(C)c(-c2c(NCC=N)n[nH]c2C)c(C)c1. The number of methoxy groups -OCH3 is 1. The van der Waals surface area contributed by atoms with Crippen LogP contribution in [0.5, 0.6) is 5.75 Å². The quantitative estimate of drug-likeness (QED) is 0.629. The number of anilines is 1. The molecular formula is C17H24N4O3. The lowest BCUT2D eigenvalue weighted by molar-refractivity contribution is -0.134. The number of carboxylic acid groups (broad SMARTS) is 1. The summed E-state index contributed by atoms with van der Waals surface area (Å²) in [7, 11) is 1.67. The molecule has 2 aromatic rings. The van der Waals surface area contributed by atoms with Gasteiger partial charge in [-0.15, -0.1) is 0 Å². The Kier molecular flexibility index (Phi) is 6.98. The smallest absolute Gasteiger partial charge is 0.300 e. The number of rotatable bonds is 5. The van der Waals surface area contributed by atoms with E-state index in [0.29, 0.717) is 6.54 Å². The van der Waals surface area contributed by atoms with Crippen LogP contribution in [-0.4, -0.2) is 41.1 Å². The van der Waals surface area contributed by atoms with E-state index in [2.05, 4.69) is 29.4 Å². The van der Waals surface area contributed by atoms with Crippen molar-refractivity contribution in [2.45, 2.75) is 27.7 Å². The van der Waals surface area contributed by atoms with Crippen LogP contribution in [0.3, 0.4) is 0 Å². The maximum Gasteiger partial charge on any atom is 0.300 e. The number of carbonyl (C=O) groups is 1. The molecular weight excluding hydrogens is 308 g/mol. The number of hydrogen-bond donors (Lipinski definition) is 4. The molecule has 0 aliphatic rings. The second-order valence-corrected chi connectivity index (χ2v) is 5.31. The molecule has 1 heterocycles. The van der Waals surface area contributed by atoms with Crippen molar-refractivity contribution in [2.24, 2.45) is 0 Å². The molecule has 0 bridgehead atoms. The Morgan fingerprint density at radius 2 is 1.88 bits per heavy atom. The lowest BCUT2D eigenvalue weighted by Gasteiger charge is -2.13. The van der Waals surface area contributed by atoms with Crippen LogP contribution in [0.15, 0.2) is 12.1 Å². The van der Waals surface area contributed by atoms with E-state index < -0.39 is 5.97 Å². The van der Waals surface area contributed by atoms with Gasteiger partial charge >= 0.3 is 0 Å². The monoisotopic (exact) mass is 332 g/mol. The number of aryl methyl sites for hydroxylation is 3. The molecule has 0 aliphatic carbocycles. The van der Waals surface area contributed by atoms with E-state index in [1.807, 2.05) is 19.1 Å². The average molecular weight is 332 g/mol.